The monoisotopic (exact) mass is 349 g/mol. The largest absolute Gasteiger partial charge is 0.496 e. The Kier molecular flexibility index (Phi) is 4.83. The maximum Gasteiger partial charge on any atom is 0.165 e. The Morgan fingerprint density at radius 1 is 1.24 bits per heavy atom. The van der Waals surface area contributed by atoms with E-state index in [1.807, 2.05) is 32.2 Å². The van der Waals surface area contributed by atoms with Gasteiger partial charge in [-0.1, -0.05) is 29.8 Å². The molecular weight excluding hydrogens is 330 g/mol. The second kappa shape index (κ2) is 6.43. The van der Waals surface area contributed by atoms with E-state index in [0.717, 1.165) is 32.9 Å². The average Bonchev–Trinajstić information content (AvgIpc) is 2.45. The van der Waals surface area contributed by atoms with Gasteiger partial charge in [0.15, 0.2) is 5.82 Å². The normalized spacial score (nSPS) is 10.8. The van der Waals surface area contributed by atoms with Gasteiger partial charge in [0, 0.05) is 22.8 Å². The van der Waals surface area contributed by atoms with Gasteiger partial charge in [-0.2, -0.15) is 0 Å². The lowest BCUT2D eigenvalue weighted by atomic mass is 10.0. The van der Waals surface area contributed by atoms with Crippen molar-refractivity contribution in [2.75, 3.05) is 19.5 Å². The molecule has 112 valence electrons. The van der Waals surface area contributed by atoms with E-state index in [0.29, 0.717) is 11.7 Å². The van der Waals surface area contributed by atoms with Crippen LogP contribution >= 0.6 is 15.9 Å². The first kappa shape index (κ1) is 15.8. The minimum atomic E-state index is 0.367. The highest BCUT2D eigenvalue weighted by Crippen LogP contribution is 2.33. The van der Waals surface area contributed by atoms with E-state index in [4.69, 9.17) is 4.74 Å². The SMILES string of the molecule is CNc1nc(-c2cc(Br)ccc2OC)nc(C)c1C(C)C. The number of benzene rings is 1. The highest BCUT2D eigenvalue weighted by atomic mass is 79.9. The lowest BCUT2D eigenvalue weighted by Crippen LogP contribution is -2.07. The molecule has 0 fully saturated rings. The molecule has 5 heteroatoms. The van der Waals surface area contributed by atoms with E-state index in [2.05, 4.69) is 45.1 Å². The second-order valence-electron chi connectivity index (χ2n) is 5.14. The summed E-state index contributed by atoms with van der Waals surface area (Å²) in [6, 6.07) is 5.83. The standard InChI is InChI=1S/C16H20BrN3O/c1-9(2)14-10(3)19-15(20-16(14)18-4)12-8-11(17)6-7-13(12)21-5/h6-9H,1-5H3,(H,18,19,20). The quantitative estimate of drug-likeness (QED) is 0.889. The zero-order valence-electron chi connectivity index (χ0n) is 13.0. The zero-order valence-corrected chi connectivity index (χ0v) is 14.6. The Balaban J connectivity index is 2.66. The molecule has 0 aliphatic carbocycles. The number of ether oxygens (including phenoxy) is 1. The van der Waals surface area contributed by atoms with E-state index < -0.39 is 0 Å². The van der Waals surface area contributed by atoms with E-state index in [1.165, 1.54) is 0 Å². The van der Waals surface area contributed by atoms with Crippen LogP contribution in [0.1, 0.15) is 31.0 Å². The van der Waals surface area contributed by atoms with Gasteiger partial charge in [0.25, 0.3) is 0 Å². The Morgan fingerprint density at radius 2 is 1.95 bits per heavy atom. The van der Waals surface area contributed by atoms with Gasteiger partial charge in [0.1, 0.15) is 11.6 Å². The van der Waals surface area contributed by atoms with E-state index in [1.54, 1.807) is 7.11 Å². The summed E-state index contributed by atoms with van der Waals surface area (Å²) in [5.41, 5.74) is 3.01. The third-order valence-electron chi connectivity index (χ3n) is 3.35. The van der Waals surface area contributed by atoms with Gasteiger partial charge in [-0.25, -0.2) is 9.97 Å². The van der Waals surface area contributed by atoms with Gasteiger partial charge >= 0.3 is 0 Å². The fraction of sp³-hybridized carbons (Fsp3) is 0.375. The molecule has 1 N–H and O–H groups in total. The summed E-state index contributed by atoms with van der Waals surface area (Å²) in [4.78, 5) is 9.34. The summed E-state index contributed by atoms with van der Waals surface area (Å²) < 4.78 is 6.40. The van der Waals surface area contributed by atoms with Crippen LogP contribution in [-0.4, -0.2) is 24.1 Å². The van der Waals surface area contributed by atoms with Gasteiger partial charge in [-0.15, -0.1) is 0 Å². The molecular formula is C16H20BrN3O. The van der Waals surface area contributed by atoms with Crippen molar-refractivity contribution >= 4 is 21.7 Å². The Morgan fingerprint density at radius 3 is 2.52 bits per heavy atom. The van der Waals surface area contributed by atoms with Gasteiger partial charge in [0.05, 0.1) is 12.7 Å². The van der Waals surface area contributed by atoms with Crippen LogP contribution in [-0.2, 0) is 0 Å². The lowest BCUT2D eigenvalue weighted by molar-refractivity contribution is 0.416. The fourth-order valence-electron chi connectivity index (χ4n) is 2.44. The molecule has 2 rings (SSSR count). The molecule has 0 saturated heterocycles. The predicted octanol–water partition coefficient (Wildman–Crippen LogP) is 4.39. The first-order valence-corrected chi connectivity index (χ1v) is 7.67. The van der Waals surface area contributed by atoms with Gasteiger partial charge in [-0.05, 0) is 31.0 Å². The molecule has 0 unspecified atom stereocenters. The van der Waals surface area contributed by atoms with Gasteiger partial charge < -0.3 is 10.1 Å². The number of anilines is 1. The number of nitrogens with one attached hydrogen (secondary N) is 1. The smallest absolute Gasteiger partial charge is 0.165 e. The summed E-state index contributed by atoms with van der Waals surface area (Å²) in [6.07, 6.45) is 0. The van der Waals surface area contributed by atoms with Gasteiger partial charge in [-0.3, -0.25) is 0 Å². The van der Waals surface area contributed by atoms with Crippen LogP contribution in [0.25, 0.3) is 11.4 Å². The fourth-order valence-corrected chi connectivity index (χ4v) is 2.80. The van der Waals surface area contributed by atoms with Crippen LogP contribution in [0.4, 0.5) is 5.82 Å². The summed E-state index contributed by atoms with van der Waals surface area (Å²) in [7, 11) is 3.54. The highest BCUT2D eigenvalue weighted by molar-refractivity contribution is 9.10. The van der Waals surface area contributed by atoms with E-state index in [-0.39, 0.29) is 0 Å². The van der Waals surface area contributed by atoms with Crippen molar-refractivity contribution in [1.29, 1.82) is 0 Å². The number of aryl methyl sites for hydroxylation is 1. The molecule has 0 amide bonds. The third kappa shape index (κ3) is 3.18. The maximum absolute atomic E-state index is 5.42. The van der Waals surface area contributed by atoms with Crippen LogP contribution in [0, 0.1) is 6.92 Å². The van der Waals surface area contributed by atoms with Crippen molar-refractivity contribution in [3.05, 3.63) is 33.9 Å². The van der Waals surface area contributed by atoms with E-state index in [9.17, 15) is 0 Å². The number of hydrogen-bond donors (Lipinski definition) is 1. The number of aromatic nitrogens is 2. The maximum atomic E-state index is 5.42. The Labute approximate surface area is 134 Å². The molecule has 0 saturated carbocycles. The topological polar surface area (TPSA) is 47.0 Å². The van der Waals surface area contributed by atoms with Gasteiger partial charge in [0.2, 0.25) is 0 Å². The van der Waals surface area contributed by atoms with Crippen molar-refractivity contribution in [2.45, 2.75) is 26.7 Å². The van der Waals surface area contributed by atoms with Crippen LogP contribution < -0.4 is 10.1 Å². The molecule has 2 aromatic rings. The van der Waals surface area contributed by atoms with Crippen LogP contribution in [0.3, 0.4) is 0 Å². The molecule has 1 aromatic carbocycles. The second-order valence-corrected chi connectivity index (χ2v) is 6.06. The van der Waals surface area contributed by atoms with E-state index >= 15 is 0 Å². The van der Waals surface area contributed by atoms with Crippen LogP contribution in [0.15, 0.2) is 22.7 Å². The number of methoxy groups -OCH3 is 1. The summed E-state index contributed by atoms with van der Waals surface area (Å²) in [6.45, 7) is 6.31. The molecule has 0 aliphatic heterocycles. The molecule has 1 heterocycles. The van der Waals surface area contributed by atoms with Crippen molar-refractivity contribution in [2.24, 2.45) is 0 Å². The molecule has 0 bridgehead atoms. The summed E-state index contributed by atoms with van der Waals surface area (Å²) >= 11 is 3.49. The molecule has 0 aliphatic rings. The number of nitrogens with zero attached hydrogens (tertiary/aromatic N) is 2. The molecule has 0 atom stereocenters. The van der Waals surface area contributed by atoms with Crippen molar-refractivity contribution < 1.29 is 4.74 Å². The Bertz CT molecular complexity index is 656. The first-order valence-electron chi connectivity index (χ1n) is 6.88. The van der Waals surface area contributed by atoms with Crippen LogP contribution in [0.5, 0.6) is 5.75 Å². The minimum Gasteiger partial charge on any atom is -0.496 e. The Hall–Kier alpha value is -1.62. The molecule has 0 spiro atoms. The average molecular weight is 350 g/mol. The zero-order chi connectivity index (χ0) is 15.6. The molecule has 0 radical (unpaired) electrons. The number of rotatable bonds is 4. The highest BCUT2D eigenvalue weighted by Gasteiger charge is 2.17. The summed E-state index contributed by atoms with van der Waals surface area (Å²) in [5.74, 6) is 2.66. The summed E-state index contributed by atoms with van der Waals surface area (Å²) in [5, 5.41) is 3.18. The van der Waals surface area contributed by atoms with Crippen molar-refractivity contribution in [1.82, 2.24) is 9.97 Å². The minimum absolute atomic E-state index is 0.367. The van der Waals surface area contributed by atoms with Crippen molar-refractivity contribution in [3.8, 4) is 17.1 Å². The number of hydrogen-bond acceptors (Lipinski definition) is 4. The predicted molar refractivity (Wildman–Crippen MR) is 90.1 cm³/mol. The molecule has 21 heavy (non-hydrogen) atoms. The molecule has 4 nitrogen and oxygen atoms in total. The number of halogens is 1. The lowest BCUT2D eigenvalue weighted by Gasteiger charge is -2.16. The van der Waals surface area contributed by atoms with Crippen molar-refractivity contribution in [3.63, 3.8) is 0 Å². The molecule has 1 aromatic heterocycles. The van der Waals surface area contributed by atoms with Crippen LogP contribution in [0.2, 0.25) is 0 Å². The third-order valence-corrected chi connectivity index (χ3v) is 3.85. The first-order chi connectivity index (χ1) is 9.97.